The molecule has 2 aliphatic rings. The van der Waals surface area contributed by atoms with Crippen molar-refractivity contribution in [3.63, 3.8) is 0 Å². The second-order valence-corrected chi connectivity index (χ2v) is 4.43. The summed E-state index contributed by atoms with van der Waals surface area (Å²) in [6.07, 6.45) is 5.49. The van der Waals surface area contributed by atoms with Gasteiger partial charge in [-0.3, -0.25) is 0 Å². The molecule has 0 saturated carbocycles. The van der Waals surface area contributed by atoms with E-state index in [2.05, 4.69) is 18.7 Å². The van der Waals surface area contributed by atoms with E-state index in [-0.39, 0.29) is 0 Å². The summed E-state index contributed by atoms with van der Waals surface area (Å²) in [6, 6.07) is 0. The van der Waals surface area contributed by atoms with E-state index in [0.717, 1.165) is 5.92 Å². The Kier molecular flexibility index (Phi) is 2.12. The smallest absolute Gasteiger partial charge is 0.0175 e. The van der Waals surface area contributed by atoms with Crippen LogP contribution in [0.25, 0.3) is 0 Å². The van der Waals surface area contributed by atoms with Crippen molar-refractivity contribution < 1.29 is 0 Å². The molecule has 0 aromatic carbocycles. The quantitative estimate of drug-likeness (QED) is 0.577. The van der Waals surface area contributed by atoms with E-state index in [1.165, 1.54) is 38.8 Å². The van der Waals surface area contributed by atoms with Crippen LogP contribution < -0.4 is 0 Å². The molecule has 1 atom stereocenters. The monoisotopic (exact) mass is 165 g/mol. The summed E-state index contributed by atoms with van der Waals surface area (Å²) in [7, 11) is 0. The second kappa shape index (κ2) is 3.12. The minimum absolute atomic E-state index is 0.903. The molecule has 1 fully saturated rings. The van der Waals surface area contributed by atoms with Crippen LogP contribution in [0, 0.1) is 5.92 Å². The SMILES string of the molecule is CC1=C(N2CCCC2)CC(C)C1. The molecule has 1 saturated heterocycles. The lowest BCUT2D eigenvalue weighted by Gasteiger charge is -2.20. The van der Waals surface area contributed by atoms with Gasteiger partial charge in [-0.2, -0.15) is 0 Å². The summed E-state index contributed by atoms with van der Waals surface area (Å²) >= 11 is 0. The fourth-order valence-corrected chi connectivity index (χ4v) is 2.60. The van der Waals surface area contributed by atoms with Gasteiger partial charge in [-0.15, -0.1) is 0 Å². The highest BCUT2D eigenvalue weighted by molar-refractivity contribution is 5.18. The Morgan fingerprint density at radius 2 is 1.83 bits per heavy atom. The number of nitrogens with zero attached hydrogens (tertiary/aromatic N) is 1. The lowest BCUT2D eigenvalue weighted by molar-refractivity contribution is 0.401. The summed E-state index contributed by atoms with van der Waals surface area (Å²) in [6.45, 7) is 7.32. The van der Waals surface area contributed by atoms with Crippen molar-refractivity contribution in [2.24, 2.45) is 5.92 Å². The topological polar surface area (TPSA) is 3.24 Å². The predicted octanol–water partition coefficient (Wildman–Crippen LogP) is 2.79. The molecule has 0 N–H and O–H groups in total. The van der Waals surface area contributed by atoms with Crippen LogP contribution in [0.15, 0.2) is 11.3 Å². The highest BCUT2D eigenvalue weighted by Crippen LogP contribution is 2.34. The van der Waals surface area contributed by atoms with Gasteiger partial charge >= 0.3 is 0 Å². The van der Waals surface area contributed by atoms with E-state index in [1.54, 1.807) is 11.3 Å². The maximum atomic E-state index is 2.61. The third kappa shape index (κ3) is 1.37. The Morgan fingerprint density at radius 3 is 2.33 bits per heavy atom. The van der Waals surface area contributed by atoms with E-state index in [1.807, 2.05) is 0 Å². The van der Waals surface area contributed by atoms with Crippen molar-refractivity contribution >= 4 is 0 Å². The minimum Gasteiger partial charge on any atom is -0.375 e. The molecule has 0 radical (unpaired) electrons. The van der Waals surface area contributed by atoms with Gasteiger partial charge < -0.3 is 4.90 Å². The first kappa shape index (κ1) is 8.15. The molecular weight excluding hydrogens is 146 g/mol. The third-order valence-corrected chi connectivity index (χ3v) is 3.18. The maximum Gasteiger partial charge on any atom is 0.0175 e. The third-order valence-electron chi connectivity index (χ3n) is 3.18. The molecule has 0 amide bonds. The standard InChI is InChI=1S/C11H19N/c1-9-7-10(2)11(8-9)12-5-3-4-6-12/h9H,3-8H2,1-2H3. The van der Waals surface area contributed by atoms with Crippen molar-refractivity contribution in [1.82, 2.24) is 4.90 Å². The molecule has 0 aromatic rings. The van der Waals surface area contributed by atoms with Crippen LogP contribution in [0.5, 0.6) is 0 Å². The first-order valence-electron chi connectivity index (χ1n) is 5.21. The molecule has 1 nitrogen and oxygen atoms in total. The molecule has 2 rings (SSSR count). The highest BCUT2D eigenvalue weighted by Gasteiger charge is 2.23. The van der Waals surface area contributed by atoms with Crippen LogP contribution in [0.3, 0.4) is 0 Å². The van der Waals surface area contributed by atoms with Gasteiger partial charge in [0, 0.05) is 18.8 Å². The molecule has 1 unspecified atom stereocenters. The van der Waals surface area contributed by atoms with E-state index < -0.39 is 0 Å². The summed E-state index contributed by atoms with van der Waals surface area (Å²) in [4.78, 5) is 2.61. The number of hydrogen-bond acceptors (Lipinski definition) is 1. The highest BCUT2D eigenvalue weighted by atomic mass is 15.2. The van der Waals surface area contributed by atoms with E-state index in [4.69, 9.17) is 0 Å². The summed E-state index contributed by atoms with van der Waals surface area (Å²) < 4.78 is 0. The van der Waals surface area contributed by atoms with Gasteiger partial charge in [0.05, 0.1) is 0 Å². The van der Waals surface area contributed by atoms with Crippen LogP contribution in [-0.2, 0) is 0 Å². The number of rotatable bonds is 1. The van der Waals surface area contributed by atoms with E-state index in [0.29, 0.717) is 0 Å². The predicted molar refractivity (Wildman–Crippen MR) is 51.9 cm³/mol. The molecule has 1 aliphatic carbocycles. The van der Waals surface area contributed by atoms with Crippen LogP contribution in [0.4, 0.5) is 0 Å². The summed E-state index contributed by atoms with van der Waals surface area (Å²) in [5.74, 6) is 0.903. The number of allylic oxidation sites excluding steroid dienone is 2. The minimum atomic E-state index is 0.903. The Bertz CT molecular complexity index is 199. The van der Waals surface area contributed by atoms with Gasteiger partial charge in [0.25, 0.3) is 0 Å². The van der Waals surface area contributed by atoms with E-state index in [9.17, 15) is 0 Å². The first-order chi connectivity index (χ1) is 5.77. The Balaban J connectivity index is 2.06. The van der Waals surface area contributed by atoms with Gasteiger partial charge in [0.15, 0.2) is 0 Å². The van der Waals surface area contributed by atoms with Gasteiger partial charge in [0.2, 0.25) is 0 Å². The van der Waals surface area contributed by atoms with Gasteiger partial charge in [0.1, 0.15) is 0 Å². The molecular formula is C11H19N. The zero-order valence-corrected chi connectivity index (χ0v) is 8.27. The van der Waals surface area contributed by atoms with Gasteiger partial charge in [-0.05, 0) is 38.5 Å². The van der Waals surface area contributed by atoms with Crippen LogP contribution in [0.2, 0.25) is 0 Å². The van der Waals surface area contributed by atoms with Crippen molar-refractivity contribution in [1.29, 1.82) is 0 Å². The molecule has 1 aliphatic heterocycles. The average Bonchev–Trinajstić information content (AvgIpc) is 2.58. The lowest BCUT2D eigenvalue weighted by Crippen LogP contribution is -2.18. The van der Waals surface area contributed by atoms with E-state index >= 15 is 0 Å². The molecule has 12 heavy (non-hydrogen) atoms. The van der Waals surface area contributed by atoms with Gasteiger partial charge in [-0.1, -0.05) is 12.5 Å². The second-order valence-electron chi connectivity index (χ2n) is 4.43. The normalized spacial score (nSPS) is 30.5. The summed E-state index contributed by atoms with van der Waals surface area (Å²) in [5.41, 5.74) is 3.34. The first-order valence-corrected chi connectivity index (χ1v) is 5.21. The average molecular weight is 165 g/mol. The fraction of sp³-hybridized carbons (Fsp3) is 0.818. The Hall–Kier alpha value is -0.460. The van der Waals surface area contributed by atoms with Crippen LogP contribution in [-0.4, -0.2) is 18.0 Å². The van der Waals surface area contributed by atoms with Crippen LogP contribution >= 0.6 is 0 Å². The number of likely N-dealkylation sites (tertiary alicyclic amines) is 1. The molecule has 1 heterocycles. The Labute approximate surface area is 75.4 Å². The zero-order chi connectivity index (χ0) is 8.55. The molecule has 0 bridgehead atoms. The molecule has 0 aromatic heterocycles. The number of hydrogen-bond donors (Lipinski definition) is 0. The Morgan fingerprint density at radius 1 is 1.17 bits per heavy atom. The van der Waals surface area contributed by atoms with Crippen LogP contribution in [0.1, 0.15) is 39.5 Å². The van der Waals surface area contributed by atoms with Crippen molar-refractivity contribution in [3.05, 3.63) is 11.3 Å². The maximum absolute atomic E-state index is 2.61. The lowest BCUT2D eigenvalue weighted by atomic mass is 10.1. The largest absolute Gasteiger partial charge is 0.375 e. The van der Waals surface area contributed by atoms with Crippen molar-refractivity contribution in [2.75, 3.05) is 13.1 Å². The fourth-order valence-electron chi connectivity index (χ4n) is 2.60. The summed E-state index contributed by atoms with van der Waals surface area (Å²) in [5, 5.41) is 0. The van der Waals surface area contributed by atoms with Crippen molar-refractivity contribution in [3.8, 4) is 0 Å². The van der Waals surface area contributed by atoms with Gasteiger partial charge in [-0.25, -0.2) is 0 Å². The van der Waals surface area contributed by atoms with Crippen molar-refractivity contribution in [2.45, 2.75) is 39.5 Å². The molecule has 68 valence electrons. The molecule has 0 spiro atoms. The molecule has 1 heteroatoms. The zero-order valence-electron chi connectivity index (χ0n) is 8.27.